The molecule has 16 heavy (non-hydrogen) atoms. The van der Waals surface area contributed by atoms with Crippen LogP contribution < -0.4 is 4.74 Å². The summed E-state index contributed by atoms with van der Waals surface area (Å²) in [5, 5.41) is 0. The van der Waals surface area contributed by atoms with Gasteiger partial charge in [0.05, 0.1) is 13.2 Å². The number of nitrogens with zero attached hydrogens (tertiary/aromatic N) is 1. The molecule has 0 aliphatic heterocycles. The van der Waals surface area contributed by atoms with E-state index in [4.69, 9.17) is 4.74 Å². The van der Waals surface area contributed by atoms with Gasteiger partial charge in [0, 0.05) is 0 Å². The van der Waals surface area contributed by atoms with Gasteiger partial charge in [0.2, 0.25) is 6.08 Å². The predicted molar refractivity (Wildman–Crippen MR) is 63.3 cm³/mol. The fraction of sp³-hybridized carbons (Fsp3) is 0.462. The zero-order chi connectivity index (χ0) is 12.0. The largest absolute Gasteiger partial charge is 0.493 e. The summed E-state index contributed by atoms with van der Waals surface area (Å²) < 4.78 is 5.65. The normalized spacial score (nSPS) is 10.0. The average Bonchev–Trinajstić information content (AvgIpc) is 2.24. The number of hydrogen-bond acceptors (Lipinski definition) is 3. The first-order valence-electron chi connectivity index (χ1n) is 5.39. The third-order valence-corrected chi connectivity index (χ3v) is 2.14. The minimum atomic E-state index is 0.384. The van der Waals surface area contributed by atoms with E-state index in [1.54, 1.807) is 0 Å². The highest BCUT2D eigenvalue weighted by molar-refractivity contribution is 5.38. The van der Waals surface area contributed by atoms with E-state index in [1.165, 1.54) is 6.08 Å². The molecule has 0 aromatic heterocycles. The van der Waals surface area contributed by atoms with Crippen LogP contribution in [0, 0.1) is 12.8 Å². The van der Waals surface area contributed by atoms with Crippen molar-refractivity contribution in [3.63, 3.8) is 0 Å². The fourth-order valence-electron chi connectivity index (χ4n) is 1.35. The van der Waals surface area contributed by atoms with Crippen molar-refractivity contribution in [3.05, 3.63) is 29.3 Å². The van der Waals surface area contributed by atoms with Crippen LogP contribution in [0.5, 0.6) is 5.75 Å². The number of aliphatic imine (C=N–C) groups is 1. The number of ether oxygens (including phenoxy) is 1. The van der Waals surface area contributed by atoms with Crippen molar-refractivity contribution in [1.29, 1.82) is 0 Å². The number of hydrogen-bond donors (Lipinski definition) is 0. The molecule has 0 heterocycles. The van der Waals surface area contributed by atoms with Crippen LogP contribution in [0.1, 0.15) is 25.0 Å². The van der Waals surface area contributed by atoms with Gasteiger partial charge < -0.3 is 4.74 Å². The minimum absolute atomic E-state index is 0.384. The summed E-state index contributed by atoms with van der Waals surface area (Å²) in [7, 11) is 0. The van der Waals surface area contributed by atoms with E-state index in [0.717, 1.165) is 16.9 Å². The lowest BCUT2D eigenvalue weighted by molar-refractivity contribution is 0.269. The monoisotopic (exact) mass is 219 g/mol. The second-order valence-electron chi connectivity index (χ2n) is 4.21. The minimum Gasteiger partial charge on any atom is -0.493 e. The number of isocyanates is 1. The Balaban J connectivity index is 2.70. The van der Waals surface area contributed by atoms with Crippen molar-refractivity contribution in [2.75, 3.05) is 6.61 Å². The van der Waals surface area contributed by atoms with Crippen LogP contribution in [0.2, 0.25) is 0 Å². The zero-order valence-electron chi connectivity index (χ0n) is 9.99. The van der Waals surface area contributed by atoms with Crippen LogP contribution in [0.3, 0.4) is 0 Å². The molecule has 0 N–H and O–H groups in total. The smallest absolute Gasteiger partial charge is 0.235 e. The molecule has 1 aromatic rings. The van der Waals surface area contributed by atoms with E-state index in [1.807, 2.05) is 25.1 Å². The third kappa shape index (κ3) is 3.87. The Morgan fingerprint density at radius 2 is 2.19 bits per heavy atom. The van der Waals surface area contributed by atoms with Crippen LogP contribution in [-0.2, 0) is 11.3 Å². The highest BCUT2D eigenvalue weighted by Crippen LogP contribution is 2.20. The van der Waals surface area contributed by atoms with Gasteiger partial charge in [-0.2, -0.15) is 0 Å². The van der Waals surface area contributed by atoms with Crippen LogP contribution >= 0.6 is 0 Å². The maximum atomic E-state index is 9.99. The fourth-order valence-corrected chi connectivity index (χ4v) is 1.35. The maximum absolute atomic E-state index is 9.99. The molecule has 0 amide bonds. The molecular weight excluding hydrogens is 202 g/mol. The van der Waals surface area contributed by atoms with E-state index < -0.39 is 0 Å². The topological polar surface area (TPSA) is 38.7 Å². The first-order valence-corrected chi connectivity index (χ1v) is 5.39. The Hall–Kier alpha value is -1.60. The zero-order valence-corrected chi connectivity index (χ0v) is 9.99. The molecule has 0 fully saturated rings. The molecule has 0 saturated carbocycles. The molecule has 3 nitrogen and oxygen atoms in total. The average molecular weight is 219 g/mol. The van der Waals surface area contributed by atoms with Crippen molar-refractivity contribution in [2.45, 2.75) is 27.3 Å². The van der Waals surface area contributed by atoms with E-state index in [-0.39, 0.29) is 0 Å². The summed E-state index contributed by atoms with van der Waals surface area (Å²) in [5.74, 6) is 1.41. The van der Waals surface area contributed by atoms with Crippen molar-refractivity contribution in [1.82, 2.24) is 0 Å². The number of benzene rings is 1. The summed E-state index contributed by atoms with van der Waals surface area (Å²) in [4.78, 5) is 13.5. The molecule has 0 unspecified atom stereocenters. The van der Waals surface area contributed by atoms with E-state index in [0.29, 0.717) is 19.1 Å². The molecular formula is C13H17NO2. The molecule has 0 saturated heterocycles. The van der Waals surface area contributed by atoms with E-state index in [9.17, 15) is 4.79 Å². The quantitative estimate of drug-likeness (QED) is 0.564. The van der Waals surface area contributed by atoms with Crippen LogP contribution in [0.15, 0.2) is 23.2 Å². The highest BCUT2D eigenvalue weighted by atomic mass is 16.5. The van der Waals surface area contributed by atoms with Crippen LogP contribution in [0.25, 0.3) is 0 Å². The molecule has 1 aromatic carbocycles. The predicted octanol–water partition coefficient (Wildman–Crippen LogP) is 2.87. The number of aryl methyl sites for hydroxylation is 1. The molecule has 0 atom stereocenters. The summed E-state index contributed by atoms with van der Waals surface area (Å²) >= 11 is 0. The molecule has 86 valence electrons. The Morgan fingerprint density at radius 1 is 1.44 bits per heavy atom. The summed E-state index contributed by atoms with van der Waals surface area (Å²) in [6, 6.07) is 5.83. The summed E-state index contributed by atoms with van der Waals surface area (Å²) in [6.45, 7) is 7.32. The van der Waals surface area contributed by atoms with Gasteiger partial charge in [-0.15, -0.1) is 0 Å². The first-order chi connectivity index (χ1) is 7.63. The number of carbonyl (C=O) groups excluding carboxylic acids is 1. The lowest BCUT2D eigenvalue weighted by Gasteiger charge is -2.11. The molecule has 0 spiro atoms. The SMILES string of the molecule is Cc1cc(CN=C=O)ccc1OCC(C)C. The van der Waals surface area contributed by atoms with Gasteiger partial charge in [0.15, 0.2) is 0 Å². The van der Waals surface area contributed by atoms with Crippen LogP contribution in [-0.4, -0.2) is 12.7 Å². The molecule has 0 aliphatic carbocycles. The Bertz CT molecular complexity index is 393. The third-order valence-electron chi connectivity index (χ3n) is 2.14. The summed E-state index contributed by atoms with van der Waals surface area (Å²) in [5.41, 5.74) is 2.07. The van der Waals surface area contributed by atoms with Gasteiger partial charge in [0.25, 0.3) is 0 Å². The van der Waals surface area contributed by atoms with Gasteiger partial charge in [-0.3, -0.25) is 0 Å². The molecule has 0 bridgehead atoms. The molecule has 0 aliphatic rings. The van der Waals surface area contributed by atoms with Gasteiger partial charge in [-0.25, -0.2) is 9.79 Å². The van der Waals surface area contributed by atoms with Gasteiger partial charge in [-0.05, 0) is 30.0 Å². The summed E-state index contributed by atoms with van der Waals surface area (Å²) in [6.07, 6.45) is 1.53. The van der Waals surface area contributed by atoms with E-state index in [2.05, 4.69) is 18.8 Å². The number of rotatable bonds is 5. The van der Waals surface area contributed by atoms with Crippen molar-refractivity contribution < 1.29 is 9.53 Å². The van der Waals surface area contributed by atoms with Crippen LogP contribution in [0.4, 0.5) is 0 Å². The van der Waals surface area contributed by atoms with Crippen molar-refractivity contribution in [2.24, 2.45) is 10.9 Å². The second-order valence-corrected chi connectivity index (χ2v) is 4.21. The van der Waals surface area contributed by atoms with Gasteiger partial charge in [-0.1, -0.05) is 26.0 Å². The second kappa shape index (κ2) is 6.09. The van der Waals surface area contributed by atoms with Gasteiger partial charge in [0.1, 0.15) is 5.75 Å². The Kier molecular flexibility index (Phi) is 4.74. The maximum Gasteiger partial charge on any atom is 0.235 e. The lowest BCUT2D eigenvalue weighted by Crippen LogP contribution is -2.05. The van der Waals surface area contributed by atoms with E-state index >= 15 is 0 Å². The standard InChI is InChI=1S/C13H17NO2/c1-10(2)8-16-13-5-4-12(6-11(13)3)7-14-9-15/h4-6,10H,7-8H2,1-3H3. The molecule has 1 rings (SSSR count). The Labute approximate surface area is 96.2 Å². The first kappa shape index (κ1) is 12.5. The highest BCUT2D eigenvalue weighted by Gasteiger charge is 2.02. The van der Waals surface area contributed by atoms with Crippen molar-refractivity contribution >= 4 is 6.08 Å². The molecule has 3 heteroatoms. The van der Waals surface area contributed by atoms with Crippen molar-refractivity contribution in [3.8, 4) is 5.75 Å². The molecule has 0 radical (unpaired) electrons. The Morgan fingerprint density at radius 3 is 2.75 bits per heavy atom. The van der Waals surface area contributed by atoms with Gasteiger partial charge >= 0.3 is 0 Å². The lowest BCUT2D eigenvalue weighted by atomic mass is 10.1.